The summed E-state index contributed by atoms with van der Waals surface area (Å²) in [4.78, 5) is 11.0. The molecule has 72 valence electrons. The quantitative estimate of drug-likeness (QED) is 0.708. The lowest BCUT2D eigenvalue weighted by Crippen LogP contribution is -2.20. The van der Waals surface area contributed by atoms with Crippen LogP contribution < -0.4 is 4.90 Å². The smallest absolute Gasteiger partial charge is 0.150 e. The Balaban J connectivity index is 3.07. The molecule has 0 fully saturated rings. The van der Waals surface area contributed by atoms with E-state index in [1.165, 1.54) is 0 Å². The summed E-state index contributed by atoms with van der Waals surface area (Å²) in [5.74, 6) is 1.02. The van der Waals surface area contributed by atoms with Crippen molar-refractivity contribution in [2.45, 2.75) is 27.2 Å². The lowest BCUT2D eigenvalue weighted by atomic mass is 10.3. The Bertz CT molecular complexity index is 283. The molecule has 0 radical (unpaired) electrons. The minimum absolute atomic E-state index is 0.937. The highest BCUT2D eigenvalue weighted by atomic mass is 15.2. The van der Waals surface area contributed by atoms with Crippen molar-refractivity contribution >= 4 is 5.82 Å². The number of nitrogens with zero attached hydrogens (tertiary/aromatic N) is 3. The minimum Gasteiger partial charge on any atom is -0.358 e. The second-order valence-corrected chi connectivity index (χ2v) is 3.15. The topological polar surface area (TPSA) is 29.0 Å². The SMILES string of the molecule is CCc1ncc(C)nc1N(C)CC. The van der Waals surface area contributed by atoms with Crippen molar-refractivity contribution in [3.8, 4) is 0 Å². The molecule has 3 nitrogen and oxygen atoms in total. The van der Waals surface area contributed by atoms with E-state index in [1.807, 2.05) is 20.2 Å². The van der Waals surface area contributed by atoms with Gasteiger partial charge in [-0.3, -0.25) is 4.98 Å². The Hall–Kier alpha value is -1.12. The van der Waals surface area contributed by atoms with E-state index in [-0.39, 0.29) is 0 Å². The van der Waals surface area contributed by atoms with E-state index in [0.717, 1.165) is 30.2 Å². The first kappa shape index (κ1) is 9.96. The van der Waals surface area contributed by atoms with Gasteiger partial charge in [0, 0.05) is 19.8 Å². The van der Waals surface area contributed by atoms with Gasteiger partial charge in [0.2, 0.25) is 0 Å². The highest BCUT2D eigenvalue weighted by Crippen LogP contribution is 2.14. The lowest BCUT2D eigenvalue weighted by Gasteiger charge is -2.18. The van der Waals surface area contributed by atoms with Gasteiger partial charge in [-0.15, -0.1) is 0 Å². The first-order valence-electron chi connectivity index (χ1n) is 4.72. The summed E-state index contributed by atoms with van der Waals surface area (Å²) in [6, 6.07) is 0. The molecule has 3 heteroatoms. The normalized spacial score (nSPS) is 10.2. The molecule has 1 aromatic heterocycles. The largest absolute Gasteiger partial charge is 0.358 e. The van der Waals surface area contributed by atoms with Crippen LogP contribution in [0.4, 0.5) is 5.82 Å². The maximum absolute atomic E-state index is 4.48. The van der Waals surface area contributed by atoms with Crippen LogP contribution in [-0.2, 0) is 6.42 Å². The van der Waals surface area contributed by atoms with Crippen LogP contribution in [0.1, 0.15) is 25.2 Å². The second-order valence-electron chi connectivity index (χ2n) is 3.15. The second kappa shape index (κ2) is 4.21. The van der Waals surface area contributed by atoms with E-state index in [4.69, 9.17) is 0 Å². The zero-order valence-electron chi connectivity index (χ0n) is 8.83. The molecular weight excluding hydrogens is 162 g/mol. The van der Waals surface area contributed by atoms with Crippen LogP contribution in [0.3, 0.4) is 0 Å². The van der Waals surface area contributed by atoms with E-state index in [0.29, 0.717) is 0 Å². The molecule has 0 amide bonds. The van der Waals surface area contributed by atoms with Crippen LogP contribution in [-0.4, -0.2) is 23.6 Å². The predicted molar refractivity (Wildman–Crippen MR) is 55.1 cm³/mol. The fourth-order valence-electron chi connectivity index (χ4n) is 1.19. The van der Waals surface area contributed by atoms with Gasteiger partial charge in [-0.2, -0.15) is 0 Å². The first-order valence-corrected chi connectivity index (χ1v) is 4.72. The van der Waals surface area contributed by atoms with Gasteiger partial charge in [0.25, 0.3) is 0 Å². The predicted octanol–water partition coefficient (Wildman–Crippen LogP) is 1.80. The zero-order valence-corrected chi connectivity index (χ0v) is 8.83. The molecule has 0 bridgehead atoms. The van der Waals surface area contributed by atoms with Gasteiger partial charge < -0.3 is 4.90 Å². The Morgan fingerprint density at radius 3 is 2.62 bits per heavy atom. The van der Waals surface area contributed by atoms with E-state index in [9.17, 15) is 0 Å². The van der Waals surface area contributed by atoms with Gasteiger partial charge in [-0.05, 0) is 20.3 Å². The molecule has 0 unspecified atom stereocenters. The summed E-state index contributed by atoms with van der Waals surface area (Å²) in [5.41, 5.74) is 2.06. The number of rotatable bonds is 3. The number of hydrogen-bond donors (Lipinski definition) is 0. The van der Waals surface area contributed by atoms with Crippen molar-refractivity contribution in [2.75, 3.05) is 18.5 Å². The molecule has 0 saturated carbocycles. The summed E-state index contributed by atoms with van der Waals surface area (Å²) in [6.07, 6.45) is 2.76. The summed E-state index contributed by atoms with van der Waals surface area (Å²) in [5, 5.41) is 0. The maximum atomic E-state index is 4.48. The molecule has 0 atom stereocenters. The first-order chi connectivity index (χ1) is 6.19. The summed E-state index contributed by atoms with van der Waals surface area (Å²) in [7, 11) is 2.04. The Kier molecular flexibility index (Phi) is 3.23. The average Bonchev–Trinajstić information content (AvgIpc) is 2.16. The van der Waals surface area contributed by atoms with Crippen molar-refractivity contribution in [3.05, 3.63) is 17.6 Å². The highest BCUT2D eigenvalue weighted by molar-refractivity contribution is 5.42. The molecule has 0 N–H and O–H groups in total. The highest BCUT2D eigenvalue weighted by Gasteiger charge is 2.07. The fraction of sp³-hybridized carbons (Fsp3) is 0.600. The van der Waals surface area contributed by atoms with Crippen LogP contribution in [0.5, 0.6) is 0 Å². The monoisotopic (exact) mass is 179 g/mol. The molecule has 0 spiro atoms. The Morgan fingerprint density at radius 1 is 1.38 bits per heavy atom. The van der Waals surface area contributed by atoms with Crippen LogP contribution in [0, 0.1) is 6.92 Å². The van der Waals surface area contributed by atoms with E-state index < -0.39 is 0 Å². The number of aryl methyl sites for hydroxylation is 2. The van der Waals surface area contributed by atoms with Crippen molar-refractivity contribution in [2.24, 2.45) is 0 Å². The van der Waals surface area contributed by atoms with E-state index in [2.05, 4.69) is 28.7 Å². The van der Waals surface area contributed by atoms with Gasteiger partial charge in [-0.25, -0.2) is 4.98 Å². The Labute approximate surface area is 79.8 Å². The summed E-state index contributed by atoms with van der Waals surface area (Å²) < 4.78 is 0. The third kappa shape index (κ3) is 2.17. The van der Waals surface area contributed by atoms with E-state index >= 15 is 0 Å². The minimum atomic E-state index is 0.937. The van der Waals surface area contributed by atoms with E-state index in [1.54, 1.807) is 0 Å². The molecule has 1 rings (SSSR count). The van der Waals surface area contributed by atoms with Crippen molar-refractivity contribution in [3.63, 3.8) is 0 Å². The molecule has 0 saturated heterocycles. The molecule has 0 aliphatic heterocycles. The summed E-state index contributed by atoms with van der Waals surface area (Å²) >= 11 is 0. The van der Waals surface area contributed by atoms with Crippen molar-refractivity contribution in [1.82, 2.24) is 9.97 Å². The van der Waals surface area contributed by atoms with Gasteiger partial charge in [0.15, 0.2) is 0 Å². The number of aromatic nitrogens is 2. The molecule has 1 aromatic rings. The van der Waals surface area contributed by atoms with Gasteiger partial charge in [-0.1, -0.05) is 6.92 Å². The van der Waals surface area contributed by atoms with Gasteiger partial charge in [0.05, 0.1) is 11.4 Å². The molecular formula is C10H17N3. The molecule has 0 aliphatic carbocycles. The number of anilines is 1. The van der Waals surface area contributed by atoms with Gasteiger partial charge >= 0.3 is 0 Å². The van der Waals surface area contributed by atoms with Gasteiger partial charge in [0.1, 0.15) is 5.82 Å². The third-order valence-corrected chi connectivity index (χ3v) is 2.12. The van der Waals surface area contributed by atoms with Crippen molar-refractivity contribution < 1.29 is 0 Å². The average molecular weight is 179 g/mol. The van der Waals surface area contributed by atoms with Crippen molar-refractivity contribution in [1.29, 1.82) is 0 Å². The summed E-state index contributed by atoms with van der Waals surface area (Å²) in [6.45, 7) is 7.15. The maximum Gasteiger partial charge on any atom is 0.150 e. The standard InChI is InChI=1S/C10H17N3/c1-5-9-10(13(4)6-2)12-8(3)7-11-9/h7H,5-6H2,1-4H3. The molecule has 0 aliphatic rings. The number of hydrogen-bond acceptors (Lipinski definition) is 3. The molecule has 1 heterocycles. The van der Waals surface area contributed by atoms with Crippen LogP contribution in [0.25, 0.3) is 0 Å². The van der Waals surface area contributed by atoms with Crippen LogP contribution in [0.15, 0.2) is 6.20 Å². The third-order valence-electron chi connectivity index (χ3n) is 2.12. The molecule has 0 aromatic carbocycles. The fourth-order valence-corrected chi connectivity index (χ4v) is 1.19. The molecule has 13 heavy (non-hydrogen) atoms. The Morgan fingerprint density at radius 2 is 2.08 bits per heavy atom. The lowest BCUT2D eigenvalue weighted by molar-refractivity contribution is 0.877. The van der Waals surface area contributed by atoms with Crippen LogP contribution in [0.2, 0.25) is 0 Å². The van der Waals surface area contributed by atoms with Crippen LogP contribution >= 0.6 is 0 Å². The zero-order chi connectivity index (χ0) is 9.84.